The lowest BCUT2D eigenvalue weighted by atomic mass is 10.0. The molecule has 1 aromatic heterocycles. The molecule has 0 fully saturated rings. The summed E-state index contributed by atoms with van der Waals surface area (Å²) in [7, 11) is 0. The molecular weight excluding hydrogens is 437 g/mol. The Labute approximate surface area is 187 Å². The molecule has 2 aromatic carbocycles. The fraction of sp³-hybridized carbons (Fsp3) is 0.250. The van der Waals surface area contributed by atoms with Crippen LogP contribution >= 0.6 is 11.8 Å². The van der Waals surface area contributed by atoms with E-state index in [1.807, 2.05) is 30.3 Å². The number of rotatable bonds is 3. The maximum atomic E-state index is 13.5. The normalized spacial score (nSPS) is 15.5. The number of thioether (sulfide) groups is 1. The molecule has 0 spiro atoms. The third-order valence-corrected chi connectivity index (χ3v) is 6.73. The summed E-state index contributed by atoms with van der Waals surface area (Å²) in [4.78, 5) is 26.3. The Balaban J connectivity index is 2.04. The van der Waals surface area contributed by atoms with Gasteiger partial charge in [0.2, 0.25) is 0 Å². The highest BCUT2D eigenvalue weighted by Gasteiger charge is 2.34. The van der Waals surface area contributed by atoms with Crippen molar-refractivity contribution < 1.29 is 18.0 Å². The highest BCUT2D eigenvalue weighted by molar-refractivity contribution is 7.99. The Hall–Kier alpha value is -3.00. The second kappa shape index (κ2) is 8.50. The molecule has 2 heterocycles. The molecule has 1 aliphatic heterocycles. The summed E-state index contributed by atoms with van der Waals surface area (Å²) < 4.78 is 42.2. The van der Waals surface area contributed by atoms with Crippen LogP contribution in [0.4, 0.5) is 13.2 Å². The Kier molecular flexibility index (Phi) is 5.90. The molecule has 1 unspecified atom stereocenters. The topological polar surface area (TPSA) is 51.1 Å². The van der Waals surface area contributed by atoms with Crippen LogP contribution in [-0.2, 0) is 12.6 Å². The highest BCUT2D eigenvalue weighted by atomic mass is 32.2. The summed E-state index contributed by atoms with van der Waals surface area (Å²) in [5.74, 6) is -0.520. The minimum absolute atomic E-state index is 0.0238. The lowest BCUT2D eigenvalue weighted by Crippen LogP contribution is -2.32. The first-order valence-corrected chi connectivity index (χ1v) is 11.1. The van der Waals surface area contributed by atoms with E-state index in [0.29, 0.717) is 34.9 Å². The van der Waals surface area contributed by atoms with E-state index in [4.69, 9.17) is 0 Å². The predicted molar refractivity (Wildman–Crippen MR) is 119 cm³/mol. The van der Waals surface area contributed by atoms with Gasteiger partial charge < -0.3 is 9.88 Å². The van der Waals surface area contributed by atoms with Crippen LogP contribution in [0.15, 0.2) is 64.3 Å². The summed E-state index contributed by atoms with van der Waals surface area (Å²) in [6, 6.07) is 14.5. The molecule has 0 aliphatic carbocycles. The molecule has 8 heteroatoms. The number of amides is 1. The molecule has 4 nitrogen and oxygen atoms in total. The van der Waals surface area contributed by atoms with Crippen LogP contribution in [0.3, 0.4) is 0 Å². The lowest BCUT2D eigenvalue weighted by molar-refractivity contribution is -0.137. The third kappa shape index (κ3) is 4.07. The Morgan fingerprint density at radius 1 is 1.16 bits per heavy atom. The van der Waals surface area contributed by atoms with Gasteiger partial charge in [-0.25, -0.2) is 0 Å². The van der Waals surface area contributed by atoms with E-state index >= 15 is 0 Å². The van der Waals surface area contributed by atoms with Gasteiger partial charge in [-0.05, 0) is 37.6 Å². The van der Waals surface area contributed by atoms with E-state index in [9.17, 15) is 22.8 Å². The zero-order valence-corrected chi connectivity index (χ0v) is 18.3. The second-order valence-corrected chi connectivity index (χ2v) is 8.81. The number of nitrogens with one attached hydrogen (secondary N) is 1. The third-order valence-electron chi connectivity index (χ3n) is 5.41. The van der Waals surface area contributed by atoms with Crippen molar-refractivity contribution in [2.45, 2.75) is 36.6 Å². The Bertz CT molecular complexity index is 1240. The maximum absolute atomic E-state index is 13.5. The summed E-state index contributed by atoms with van der Waals surface area (Å²) in [5, 5.41) is 2.48. The number of hydrogen-bond acceptors (Lipinski definition) is 3. The second-order valence-electron chi connectivity index (χ2n) is 7.57. The minimum Gasteiger partial charge on any atom is -0.352 e. The van der Waals surface area contributed by atoms with E-state index < -0.39 is 23.1 Å². The predicted octanol–water partition coefficient (Wildman–Crippen LogP) is 5.30. The summed E-state index contributed by atoms with van der Waals surface area (Å²) in [6.07, 6.45) is -4.20. The smallest absolute Gasteiger partial charge is 0.352 e. The van der Waals surface area contributed by atoms with Crippen molar-refractivity contribution in [3.05, 3.63) is 92.9 Å². The Morgan fingerprint density at radius 2 is 1.88 bits per heavy atom. The molecular formula is C24H21F3N2O2S. The van der Waals surface area contributed by atoms with E-state index in [1.165, 1.54) is 23.9 Å². The largest absolute Gasteiger partial charge is 0.416 e. The van der Waals surface area contributed by atoms with Crippen molar-refractivity contribution in [1.29, 1.82) is 0 Å². The van der Waals surface area contributed by atoms with Gasteiger partial charge in [-0.2, -0.15) is 13.2 Å². The number of nitrogens with zero attached hydrogens (tertiary/aromatic N) is 1. The number of alkyl halides is 3. The summed E-state index contributed by atoms with van der Waals surface area (Å²) >= 11 is 1.43. The molecule has 0 bridgehead atoms. The molecule has 32 heavy (non-hydrogen) atoms. The van der Waals surface area contributed by atoms with Gasteiger partial charge in [-0.15, -0.1) is 11.8 Å². The molecule has 1 aliphatic rings. The van der Waals surface area contributed by atoms with E-state index in [1.54, 1.807) is 18.4 Å². The summed E-state index contributed by atoms with van der Waals surface area (Å²) in [6.45, 7) is 3.75. The average molecular weight is 459 g/mol. The first-order valence-electron chi connectivity index (χ1n) is 10.2. The number of aryl methyl sites for hydroxylation is 1. The van der Waals surface area contributed by atoms with Gasteiger partial charge in [0.25, 0.3) is 5.91 Å². The number of hydrogen-bond donors (Lipinski definition) is 1. The van der Waals surface area contributed by atoms with Gasteiger partial charge in [0.05, 0.1) is 11.3 Å². The van der Waals surface area contributed by atoms with Crippen LogP contribution in [0.25, 0.3) is 5.69 Å². The van der Waals surface area contributed by atoms with Crippen molar-refractivity contribution in [2.24, 2.45) is 0 Å². The van der Waals surface area contributed by atoms with Crippen LogP contribution in [-0.4, -0.2) is 17.0 Å². The van der Waals surface area contributed by atoms with Crippen LogP contribution < -0.4 is 10.7 Å². The zero-order valence-electron chi connectivity index (χ0n) is 17.5. The first-order chi connectivity index (χ1) is 15.2. The number of aromatic nitrogens is 1. The lowest BCUT2D eigenvalue weighted by Gasteiger charge is -2.20. The van der Waals surface area contributed by atoms with Crippen molar-refractivity contribution in [1.82, 2.24) is 9.88 Å². The number of fused-ring (bicyclic) bond motifs is 3. The molecule has 1 amide bonds. The quantitative estimate of drug-likeness (QED) is 0.579. The SMILES string of the molecule is CCNC(=O)c1c2n(c(C)cc1=O)-c1cc(C(F)(F)F)ccc1SC(c1ccccc1)C2. The number of pyridine rings is 1. The monoisotopic (exact) mass is 458 g/mol. The van der Waals surface area contributed by atoms with Crippen molar-refractivity contribution >= 4 is 17.7 Å². The van der Waals surface area contributed by atoms with Crippen LogP contribution in [0, 0.1) is 6.92 Å². The van der Waals surface area contributed by atoms with Gasteiger partial charge in [-0.3, -0.25) is 9.59 Å². The van der Waals surface area contributed by atoms with E-state index in [-0.39, 0.29) is 10.8 Å². The maximum Gasteiger partial charge on any atom is 0.416 e. The first kappa shape index (κ1) is 22.2. The Morgan fingerprint density at radius 3 is 2.53 bits per heavy atom. The minimum atomic E-state index is -4.51. The molecule has 0 saturated heterocycles. The molecule has 3 aromatic rings. The number of carbonyl (C=O) groups excluding carboxylic acids is 1. The average Bonchev–Trinajstić information content (AvgIpc) is 2.90. The van der Waals surface area contributed by atoms with Crippen molar-refractivity contribution in [3.8, 4) is 5.69 Å². The van der Waals surface area contributed by atoms with Crippen LogP contribution in [0.1, 0.15) is 45.0 Å². The van der Waals surface area contributed by atoms with E-state index in [0.717, 1.165) is 17.7 Å². The fourth-order valence-corrected chi connectivity index (χ4v) is 5.26. The number of halogens is 3. The van der Waals surface area contributed by atoms with Crippen LogP contribution in [0.2, 0.25) is 0 Å². The standard InChI is InChI=1S/C24H21F3N2O2S/c1-3-28-23(31)22-18-13-21(15-7-5-4-6-8-15)32-20-10-9-16(24(25,26)27)12-17(20)29(18)14(2)11-19(22)30/h4-12,21H,3,13H2,1-2H3,(H,28,31). The number of carbonyl (C=O) groups is 1. The fourth-order valence-electron chi connectivity index (χ4n) is 4.01. The molecule has 0 saturated carbocycles. The molecule has 1 atom stereocenters. The van der Waals surface area contributed by atoms with Gasteiger partial charge in [0.1, 0.15) is 5.56 Å². The van der Waals surface area contributed by atoms with Gasteiger partial charge >= 0.3 is 6.18 Å². The van der Waals surface area contributed by atoms with E-state index in [2.05, 4.69) is 5.32 Å². The van der Waals surface area contributed by atoms with Crippen molar-refractivity contribution in [3.63, 3.8) is 0 Å². The van der Waals surface area contributed by atoms with Crippen LogP contribution in [0.5, 0.6) is 0 Å². The van der Waals surface area contributed by atoms with Gasteiger partial charge in [0, 0.05) is 40.6 Å². The summed E-state index contributed by atoms with van der Waals surface area (Å²) in [5.41, 5.74) is 0.942. The number of benzene rings is 2. The zero-order chi connectivity index (χ0) is 23.0. The molecule has 4 rings (SSSR count). The van der Waals surface area contributed by atoms with Gasteiger partial charge in [0.15, 0.2) is 5.43 Å². The highest BCUT2D eigenvalue weighted by Crippen LogP contribution is 2.45. The van der Waals surface area contributed by atoms with Crippen molar-refractivity contribution in [2.75, 3.05) is 6.54 Å². The van der Waals surface area contributed by atoms with Gasteiger partial charge in [-0.1, -0.05) is 30.3 Å². The molecule has 1 N–H and O–H groups in total. The molecule has 166 valence electrons. The molecule has 0 radical (unpaired) electrons.